The van der Waals surface area contributed by atoms with Gasteiger partial charge >= 0.3 is 0 Å². The number of rotatable bonds is 4. The molecule has 0 unspecified atom stereocenters. The molecule has 0 saturated heterocycles. The minimum absolute atomic E-state index is 0.114. The summed E-state index contributed by atoms with van der Waals surface area (Å²) >= 11 is 12.3. The molecule has 0 radical (unpaired) electrons. The van der Waals surface area contributed by atoms with Crippen molar-refractivity contribution in [2.24, 2.45) is 5.41 Å². The molecule has 0 spiro atoms. The zero-order chi connectivity index (χ0) is 16.7. The van der Waals surface area contributed by atoms with Crippen LogP contribution in [0.1, 0.15) is 36.1 Å². The molecular weight excluding hydrogens is 329 g/mol. The molecule has 1 aliphatic rings. The molecule has 2 atom stereocenters. The van der Waals surface area contributed by atoms with Crippen LogP contribution in [-0.2, 0) is 4.79 Å². The molecule has 0 aliphatic heterocycles. The molecule has 2 aromatic carbocycles. The number of alkyl halides is 2. The number of halogens is 2. The Hall–Kier alpha value is -1.51. The second kappa shape index (κ2) is 5.85. The van der Waals surface area contributed by atoms with Gasteiger partial charge in [-0.25, -0.2) is 0 Å². The predicted molar refractivity (Wildman–Crippen MR) is 94.8 cm³/mol. The first-order valence-corrected chi connectivity index (χ1v) is 8.39. The van der Waals surface area contributed by atoms with Crippen LogP contribution in [0.15, 0.2) is 54.6 Å². The summed E-state index contributed by atoms with van der Waals surface area (Å²) in [5, 5.41) is 3.12. The molecule has 0 heterocycles. The van der Waals surface area contributed by atoms with Crippen LogP contribution in [0.4, 0.5) is 0 Å². The Morgan fingerprint density at radius 3 is 2.09 bits per heavy atom. The van der Waals surface area contributed by atoms with Gasteiger partial charge in [-0.1, -0.05) is 60.2 Å². The molecule has 1 saturated carbocycles. The molecule has 2 aromatic rings. The molecule has 4 heteroatoms. The number of aryl methyl sites for hydroxylation is 1. The van der Waals surface area contributed by atoms with Gasteiger partial charge in [0.2, 0.25) is 5.91 Å². The minimum Gasteiger partial charge on any atom is -0.345 e. The van der Waals surface area contributed by atoms with E-state index in [0.29, 0.717) is 6.42 Å². The Kier molecular flexibility index (Phi) is 4.16. The maximum atomic E-state index is 12.7. The average Bonchev–Trinajstić information content (AvgIpc) is 3.06. The van der Waals surface area contributed by atoms with Gasteiger partial charge in [-0.3, -0.25) is 4.79 Å². The number of amides is 1. The Labute approximate surface area is 146 Å². The van der Waals surface area contributed by atoms with Crippen molar-refractivity contribution in [1.29, 1.82) is 0 Å². The van der Waals surface area contributed by atoms with Crippen LogP contribution in [0.25, 0.3) is 0 Å². The van der Waals surface area contributed by atoms with Crippen LogP contribution in [0.2, 0.25) is 0 Å². The van der Waals surface area contributed by atoms with Gasteiger partial charge in [0.1, 0.15) is 4.33 Å². The van der Waals surface area contributed by atoms with E-state index in [9.17, 15) is 4.79 Å². The first-order valence-electron chi connectivity index (χ1n) is 7.64. The largest absolute Gasteiger partial charge is 0.345 e. The van der Waals surface area contributed by atoms with Crippen molar-refractivity contribution in [3.05, 3.63) is 71.3 Å². The van der Waals surface area contributed by atoms with Crippen molar-refractivity contribution in [3.8, 4) is 0 Å². The molecular formula is C19H19Cl2NO. The standard InChI is InChI=1S/C19H19Cl2NO/c1-13-8-10-15(11-9-13)16(14-6-4-3-5-7-14)22-17(23)18(2)12-19(18,20)21/h3-11,16H,12H2,1-2H3,(H,22,23)/t16-,18+/m1/s1. The highest BCUT2D eigenvalue weighted by Gasteiger charge is 2.68. The predicted octanol–water partition coefficient (Wildman–Crippen LogP) is 4.78. The van der Waals surface area contributed by atoms with Crippen molar-refractivity contribution in [2.75, 3.05) is 0 Å². The summed E-state index contributed by atoms with van der Waals surface area (Å²) in [6.45, 7) is 3.85. The summed E-state index contributed by atoms with van der Waals surface area (Å²) in [6, 6.07) is 17.9. The summed E-state index contributed by atoms with van der Waals surface area (Å²) in [6.07, 6.45) is 0.477. The first-order chi connectivity index (χ1) is 10.8. The normalized spacial score (nSPS) is 23.1. The van der Waals surface area contributed by atoms with Gasteiger partial charge in [-0.15, -0.1) is 23.2 Å². The molecule has 0 aromatic heterocycles. The van der Waals surface area contributed by atoms with E-state index in [2.05, 4.69) is 5.32 Å². The van der Waals surface area contributed by atoms with Crippen LogP contribution in [0.3, 0.4) is 0 Å². The van der Waals surface area contributed by atoms with Crippen molar-refractivity contribution in [3.63, 3.8) is 0 Å². The number of hydrogen-bond donors (Lipinski definition) is 1. The minimum atomic E-state index is -0.967. The maximum absolute atomic E-state index is 12.7. The van der Waals surface area contributed by atoms with E-state index >= 15 is 0 Å². The molecule has 1 N–H and O–H groups in total. The van der Waals surface area contributed by atoms with Gasteiger partial charge < -0.3 is 5.32 Å². The molecule has 23 heavy (non-hydrogen) atoms. The topological polar surface area (TPSA) is 29.1 Å². The number of benzene rings is 2. The van der Waals surface area contributed by atoms with E-state index < -0.39 is 9.75 Å². The summed E-state index contributed by atoms with van der Waals surface area (Å²) in [4.78, 5) is 12.7. The summed E-state index contributed by atoms with van der Waals surface area (Å²) < 4.78 is -0.967. The zero-order valence-electron chi connectivity index (χ0n) is 13.1. The van der Waals surface area contributed by atoms with Crippen LogP contribution in [0, 0.1) is 12.3 Å². The lowest BCUT2D eigenvalue weighted by atomic mass is 9.96. The van der Waals surface area contributed by atoms with Gasteiger partial charge in [0.05, 0.1) is 11.5 Å². The number of hydrogen-bond acceptors (Lipinski definition) is 1. The molecule has 120 valence electrons. The fourth-order valence-electron chi connectivity index (χ4n) is 2.70. The average molecular weight is 348 g/mol. The lowest BCUT2D eigenvalue weighted by molar-refractivity contribution is -0.126. The molecule has 0 bridgehead atoms. The third-order valence-corrected chi connectivity index (χ3v) is 5.68. The van der Waals surface area contributed by atoms with Gasteiger partial charge in [-0.2, -0.15) is 0 Å². The van der Waals surface area contributed by atoms with Crippen LogP contribution < -0.4 is 5.32 Å². The summed E-state index contributed by atoms with van der Waals surface area (Å²) in [7, 11) is 0. The van der Waals surface area contributed by atoms with Gasteiger partial charge in [0.15, 0.2) is 0 Å². The van der Waals surface area contributed by atoms with Crippen molar-refractivity contribution in [1.82, 2.24) is 5.32 Å². The van der Waals surface area contributed by atoms with E-state index in [1.807, 2.05) is 61.5 Å². The maximum Gasteiger partial charge on any atom is 0.229 e. The molecule has 1 fully saturated rings. The second-order valence-electron chi connectivity index (χ2n) is 6.44. The van der Waals surface area contributed by atoms with Gasteiger partial charge in [0, 0.05) is 0 Å². The Balaban J connectivity index is 1.90. The molecule has 1 amide bonds. The van der Waals surface area contributed by atoms with Crippen LogP contribution >= 0.6 is 23.2 Å². The van der Waals surface area contributed by atoms with Gasteiger partial charge in [-0.05, 0) is 31.4 Å². The lowest BCUT2D eigenvalue weighted by Gasteiger charge is -2.23. The van der Waals surface area contributed by atoms with E-state index in [4.69, 9.17) is 23.2 Å². The highest BCUT2D eigenvalue weighted by Crippen LogP contribution is 2.64. The fraction of sp³-hybridized carbons (Fsp3) is 0.316. The zero-order valence-corrected chi connectivity index (χ0v) is 14.7. The highest BCUT2D eigenvalue weighted by molar-refractivity contribution is 6.53. The summed E-state index contributed by atoms with van der Waals surface area (Å²) in [5.41, 5.74) is 2.52. The van der Waals surface area contributed by atoms with E-state index in [-0.39, 0.29) is 11.9 Å². The molecule has 1 aliphatic carbocycles. The first kappa shape index (κ1) is 16.4. The number of nitrogens with one attached hydrogen (secondary N) is 1. The van der Waals surface area contributed by atoms with E-state index in [0.717, 1.165) is 11.1 Å². The Morgan fingerprint density at radius 1 is 1.04 bits per heavy atom. The smallest absolute Gasteiger partial charge is 0.229 e. The number of carbonyl (C=O) groups is 1. The van der Waals surface area contributed by atoms with Crippen LogP contribution in [0.5, 0.6) is 0 Å². The van der Waals surface area contributed by atoms with Crippen molar-refractivity contribution < 1.29 is 4.79 Å². The molecule has 3 rings (SSSR count). The monoisotopic (exact) mass is 347 g/mol. The van der Waals surface area contributed by atoms with Gasteiger partial charge in [0.25, 0.3) is 0 Å². The van der Waals surface area contributed by atoms with Crippen molar-refractivity contribution in [2.45, 2.75) is 30.6 Å². The quantitative estimate of drug-likeness (QED) is 0.792. The number of carbonyl (C=O) groups excluding carboxylic acids is 1. The highest BCUT2D eigenvalue weighted by atomic mass is 35.5. The second-order valence-corrected chi connectivity index (χ2v) is 7.93. The third-order valence-electron chi connectivity index (χ3n) is 4.58. The fourth-order valence-corrected chi connectivity index (χ4v) is 3.41. The Bertz CT molecular complexity index is 712. The SMILES string of the molecule is Cc1ccc([C@H](NC(=O)[C@]2(C)CC2(Cl)Cl)c2ccccc2)cc1. The van der Waals surface area contributed by atoms with E-state index in [1.54, 1.807) is 6.92 Å². The Morgan fingerprint density at radius 2 is 1.57 bits per heavy atom. The lowest BCUT2D eigenvalue weighted by Crippen LogP contribution is -2.36. The molecule has 2 nitrogen and oxygen atoms in total. The third kappa shape index (κ3) is 3.11. The van der Waals surface area contributed by atoms with Crippen LogP contribution in [-0.4, -0.2) is 10.2 Å². The van der Waals surface area contributed by atoms with E-state index in [1.165, 1.54) is 5.56 Å². The summed E-state index contributed by atoms with van der Waals surface area (Å²) in [5.74, 6) is -0.114. The van der Waals surface area contributed by atoms with Crippen molar-refractivity contribution >= 4 is 29.1 Å².